The van der Waals surface area contributed by atoms with E-state index in [1.807, 2.05) is 12.4 Å². The summed E-state index contributed by atoms with van der Waals surface area (Å²) in [6.07, 6.45) is 5.00. The van der Waals surface area contributed by atoms with Crippen molar-refractivity contribution in [3.8, 4) is 0 Å². The monoisotopic (exact) mass is 264 g/mol. The van der Waals surface area contributed by atoms with E-state index < -0.39 is 9.84 Å². The second kappa shape index (κ2) is 3.91. The van der Waals surface area contributed by atoms with Crippen LogP contribution in [0, 0.1) is 0 Å². The molecular formula is C12H12N2O3S. The Balaban J connectivity index is 2.07. The second-order valence-corrected chi connectivity index (χ2v) is 6.81. The first-order chi connectivity index (χ1) is 8.59. The fraction of sp³-hybridized carbons (Fsp3) is 0.333. The van der Waals surface area contributed by atoms with Gasteiger partial charge in [-0.2, -0.15) is 0 Å². The Morgan fingerprint density at radius 1 is 1.44 bits per heavy atom. The number of nitrogens with zero attached hydrogens (tertiary/aromatic N) is 2. The lowest BCUT2D eigenvalue weighted by Gasteiger charge is -2.00. The molecule has 0 amide bonds. The highest BCUT2D eigenvalue weighted by Crippen LogP contribution is 2.28. The molecule has 1 aliphatic heterocycles. The number of hydrogen-bond acceptors (Lipinski definition) is 4. The van der Waals surface area contributed by atoms with Gasteiger partial charge in [-0.3, -0.25) is 4.79 Å². The first-order valence-corrected chi connectivity index (χ1v) is 7.54. The molecule has 2 aromatic heterocycles. The molecule has 94 valence electrons. The average molecular weight is 264 g/mol. The quantitative estimate of drug-likeness (QED) is 0.760. The van der Waals surface area contributed by atoms with Gasteiger partial charge < -0.3 is 4.40 Å². The molecule has 6 heteroatoms. The number of aldehydes is 1. The first kappa shape index (κ1) is 11.4. The second-order valence-electron chi connectivity index (χ2n) is 4.58. The number of pyridine rings is 1. The Morgan fingerprint density at radius 3 is 2.94 bits per heavy atom. The number of carbonyl (C=O) groups excluding carboxylic acids is 1. The molecule has 1 fully saturated rings. The van der Waals surface area contributed by atoms with Crippen LogP contribution in [0.1, 0.15) is 28.4 Å². The van der Waals surface area contributed by atoms with Gasteiger partial charge in [0, 0.05) is 18.3 Å². The Hall–Kier alpha value is -1.69. The van der Waals surface area contributed by atoms with Gasteiger partial charge in [-0.05, 0) is 18.6 Å². The van der Waals surface area contributed by atoms with Crippen LogP contribution in [0.4, 0.5) is 0 Å². The minimum Gasteiger partial charge on any atom is -0.306 e. The number of hydrogen-bond donors (Lipinski definition) is 0. The third-order valence-corrected chi connectivity index (χ3v) is 5.08. The Morgan fingerprint density at radius 2 is 2.28 bits per heavy atom. The molecule has 0 radical (unpaired) electrons. The van der Waals surface area contributed by atoms with Crippen molar-refractivity contribution in [3.05, 3.63) is 35.8 Å². The molecule has 18 heavy (non-hydrogen) atoms. The number of fused-ring (bicyclic) bond motifs is 1. The summed E-state index contributed by atoms with van der Waals surface area (Å²) < 4.78 is 24.7. The predicted octanol–water partition coefficient (Wildman–Crippen LogP) is 1.05. The summed E-state index contributed by atoms with van der Waals surface area (Å²) >= 11 is 0. The van der Waals surface area contributed by atoms with E-state index in [9.17, 15) is 13.2 Å². The molecular weight excluding hydrogens is 252 g/mol. The molecule has 3 rings (SSSR count). The smallest absolute Gasteiger partial charge is 0.153 e. The number of imidazole rings is 1. The van der Waals surface area contributed by atoms with Crippen LogP contribution in [-0.2, 0) is 9.84 Å². The topological polar surface area (TPSA) is 68.5 Å². The first-order valence-electron chi connectivity index (χ1n) is 5.72. The molecule has 0 N–H and O–H groups in total. The van der Waals surface area contributed by atoms with Crippen molar-refractivity contribution in [2.24, 2.45) is 0 Å². The summed E-state index contributed by atoms with van der Waals surface area (Å²) in [4.78, 5) is 15.3. The molecule has 0 aromatic carbocycles. The molecule has 1 aliphatic rings. The van der Waals surface area contributed by atoms with E-state index in [0.717, 1.165) is 12.0 Å². The zero-order valence-corrected chi connectivity index (χ0v) is 10.4. The summed E-state index contributed by atoms with van der Waals surface area (Å²) in [5.41, 5.74) is 1.86. The molecule has 2 aromatic rings. The number of carbonyl (C=O) groups is 1. The lowest BCUT2D eigenvalue weighted by molar-refractivity contribution is 0.112. The van der Waals surface area contributed by atoms with Gasteiger partial charge in [0.1, 0.15) is 5.65 Å². The summed E-state index contributed by atoms with van der Waals surface area (Å²) in [6, 6.07) is 3.47. The van der Waals surface area contributed by atoms with Crippen molar-refractivity contribution < 1.29 is 13.2 Å². The number of aromatic nitrogens is 2. The van der Waals surface area contributed by atoms with Gasteiger partial charge in [0.05, 0.1) is 22.8 Å². The van der Waals surface area contributed by atoms with Gasteiger partial charge in [-0.1, -0.05) is 0 Å². The molecule has 0 spiro atoms. The molecule has 1 saturated heterocycles. The van der Waals surface area contributed by atoms with Gasteiger partial charge in [0.25, 0.3) is 0 Å². The van der Waals surface area contributed by atoms with E-state index in [0.29, 0.717) is 17.6 Å². The van der Waals surface area contributed by atoms with Crippen LogP contribution in [0.3, 0.4) is 0 Å². The van der Waals surface area contributed by atoms with Gasteiger partial charge in [-0.15, -0.1) is 0 Å². The molecule has 0 saturated carbocycles. The van der Waals surface area contributed by atoms with Gasteiger partial charge in [0.15, 0.2) is 16.1 Å². The zero-order chi connectivity index (χ0) is 12.8. The largest absolute Gasteiger partial charge is 0.306 e. The molecule has 3 heterocycles. The highest BCUT2D eigenvalue weighted by atomic mass is 32.2. The van der Waals surface area contributed by atoms with Crippen LogP contribution in [0.15, 0.2) is 24.5 Å². The van der Waals surface area contributed by atoms with E-state index >= 15 is 0 Å². The van der Waals surface area contributed by atoms with Gasteiger partial charge in [0.2, 0.25) is 0 Å². The van der Waals surface area contributed by atoms with E-state index in [-0.39, 0.29) is 17.4 Å². The van der Waals surface area contributed by atoms with Crippen molar-refractivity contribution in [1.29, 1.82) is 0 Å². The van der Waals surface area contributed by atoms with Gasteiger partial charge >= 0.3 is 0 Å². The molecule has 1 unspecified atom stereocenters. The van der Waals surface area contributed by atoms with Crippen molar-refractivity contribution in [3.63, 3.8) is 0 Å². The third-order valence-electron chi connectivity index (χ3n) is 3.31. The number of sulfone groups is 1. The average Bonchev–Trinajstić information content (AvgIpc) is 2.91. The van der Waals surface area contributed by atoms with Crippen molar-refractivity contribution in [2.75, 3.05) is 11.5 Å². The maximum Gasteiger partial charge on any atom is 0.153 e. The SMILES string of the molecule is O=Cc1cccn2cc(C3CCS(=O)(=O)C3)nc12. The van der Waals surface area contributed by atoms with Crippen LogP contribution in [0.2, 0.25) is 0 Å². The summed E-state index contributed by atoms with van der Waals surface area (Å²) in [5.74, 6) is 0.341. The van der Waals surface area contributed by atoms with Crippen LogP contribution in [0.5, 0.6) is 0 Å². The maximum absolute atomic E-state index is 11.5. The van der Waals surface area contributed by atoms with E-state index in [1.54, 1.807) is 16.5 Å². The van der Waals surface area contributed by atoms with Crippen LogP contribution >= 0.6 is 0 Å². The Kier molecular flexibility index (Phi) is 2.48. The Bertz CT molecular complexity index is 718. The normalized spacial score (nSPS) is 22.3. The van der Waals surface area contributed by atoms with Crippen LogP contribution < -0.4 is 0 Å². The van der Waals surface area contributed by atoms with E-state index in [1.165, 1.54) is 0 Å². The van der Waals surface area contributed by atoms with Gasteiger partial charge in [-0.25, -0.2) is 13.4 Å². The minimum absolute atomic E-state index is 0.0468. The number of rotatable bonds is 2. The summed E-state index contributed by atoms with van der Waals surface area (Å²) in [7, 11) is -2.92. The Labute approximate surface area is 104 Å². The van der Waals surface area contributed by atoms with Crippen molar-refractivity contribution in [2.45, 2.75) is 12.3 Å². The third kappa shape index (κ3) is 1.82. The molecule has 5 nitrogen and oxygen atoms in total. The van der Waals surface area contributed by atoms with Crippen LogP contribution in [-0.4, -0.2) is 35.6 Å². The maximum atomic E-state index is 11.5. The summed E-state index contributed by atoms with van der Waals surface area (Å²) in [6.45, 7) is 0. The van der Waals surface area contributed by atoms with E-state index in [4.69, 9.17) is 0 Å². The standard InChI is InChI=1S/C12H12N2O3S/c15-7-9-2-1-4-14-6-11(13-12(9)14)10-3-5-18(16,17)8-10/h1-2,4,6-7,10H,3,5,8H2. The lowest BCUT2D eigenvalue weighted by atomic mass is 10.1. The molecule has 1 atom stereocenters. The minimum atomic E-state index is -2.92. The molecule has 0 aliphatic carbocycles. The zero-order valence-electron chi connectivity index (χ0n) is 9.61. The fourth-order valence-electron chi connectivity index (χ4n) is 2.37. The highest BCUT2D eigenvalue weighted by molar-refractivity contribution is 7.91. The molecule has 0 bridgehead atoms. The van der Waals surface area contributed by atoms with Crippen molar-refractivity contribution in [1.82, 2.24) is 9.38 Å². The van der Waals surface area contributed by atoms with Crippen LogP contribution in [0.25, 0.3) is 5.65 Å². The summed E-state index contributed by atoms with van der Waals surface area (Å²) in [5, 5.41) is 0. The fourth-order valence-corrected chi connectivity index (χ4v) is 4.13. The predicted molar refractivity (Wildman–Crippen MR) is 66.6 cm³/mol. The lowest BCUT2D eigenvalue weighted by Crippen LogP contribution is -2.03. The van der Waals surface area contributed by atoms with Crippen molar-refractivity contribution >= 4 is 21.8 Å². The highest BCUT2D eigenvalue weighted by Gasteiger charge is 2.30. The van der Waals surface area contributed by atoms with E-state index in [2.05, 4.69) is 4.98 Å².